The number of thioether (sulfide) groups is 1. The van der Waals surface area contributed by atoms with E-state index in [0.29, 0.717) is 22.0 Å². The zero-order chi connectivity index (χ0) is 14.0. The third kappa shape index (κ3) is 3.24. The molecule has 1 amide bonds. The van der Waals surface area contributed by atoms with Gasteiger partial charge in [0.05, 0.1) is 9.90 Å². The summed E-state index contributed by atoms with van der Waals surface area (Å²) in [6, 6.07) is 4.11. The summed E-state index contributed by atoms with van der Waals surface area (Å²) in [7, 11) is 0. The van der Waals surface area contributed by atoms with Gasteiger partial charge in [-0.05, 0) is 30.7 Å². The first kappa shape index (κ1) is 13.8. The van der Waals surface area contributed by atoms with Crippen LogP contribution in [0.15, 0.2) is 22.4 Å². The Hall–Kier alpha value is -1.60. The number of amides is 1. The molecular weight excluding hydrogens is 285 g/mol. The van der Waals surface area contributed by atoms with Crippen LogP contribution in [0, 0.1) is 12.7 Å². The number of carbonyl (C=O) groups excluding carboxylic acids is 1. The van der Waals surface area contributed by atoms with Crippen LogP contribution < -0.4 is 11.5 Å². The summed E-state index contributed by atoms with van der Waals surface area (Å²) in [5, 5.41) is 0.492. The molecule has 0 saturated carbocycles. The number of nitrogen functional groups attached to an aromatic ring is 1. The van der Waals surface area contributed by atoms with Gasteiger partial charge in [-0.1, -0.05) is 11.3 Å². The van der Waals surface area contributed by atoms with Crippen molar-refractivity contribution >= 4 is 34.1 Å². The first-order valence-electron chi connectivity index (χ1n) is 5.41. The Kier molecular flexibility index (Phi) is 4.06. The van der Waals surface area contributed by atoms with Gasteiger partial charge in [0.1, 0.15) is 5.82 Å². The third-order valence-electron chi connectivity index (χ3n) is 2.46. The lowest BCUT2D eigenvalue weighted by Gasteiger charge is -2.04. The highest BCUT2D eigenvalue weighted by molar-refractivity contribution is 8.00. The number of benzene rings is 1. The number of primary amides is 1. The largest absolute Gasteiger partial charge is 0.375 e. The maximum atomic E-state index is 13.6. The van der Waals surface area contributed by atoms with Gasteiger partial charge in [-0.2, -0.15) is 0 Å². The second-order valence-corrected chi connectivity index (χ2v) is 6.16. The minimum absolute atomic E-state index is 0.303. The standard InChI is InChI=1S/C12H12FN3OS2/c1-6-11(19-12(15)16-6)18-5-8-4-7(10(14)17)2-3-9(8)13/h2-4H,5H2,1H3,(H2,14,17)(H2,15,16). The van der Waals surface area contributed by atoms with E-state index in [1.54, 1.807) is 0 Å². The molecule has 0 saturated heterocycles. The molecule has 0 spiro atoms. The molecule has 0 aliphatic carbocycles. The minimum atomic E-state index is -0.565. The van der Waals surface area contributed by atoms with Crippen LogP contribution in [0.3, 0.4) is 0 Å². The number of aromatic nitrogens is 1. The molecule has 2 aromatic rings. The maximum Gasteiger partial charge on any atom is 0.248 e. The van der Waals surface area contributed by atoms with Crippen LogP contribution in [0.25, 0.3) is 0 Å². The number of carbonyl (C=O) groups is 1. The van der Waals surface area contributed by atoms with E-state index >= 15 is 0 Å². The summed E-state index contributed by atoms with van der Waals surface area (Å²) in [6.07, 6.45) is 0. The summed E-state index contributed by atoms with van der Waals surface area (Å²) in [6.45, 7) is 1.85. The number of aryl methyl sites for hydroxylation is 1. The van der Waals surface area contributed by atoms with E-state index in [-0.39, 0.29) is 5.82 Å². The number of anilines is 1. The average molecular weight is 297 g/mol. The summed E-state index contributed by atoms with van der Waals surface area (Å²) in [5.74, 6) is -0.521. The second-order valence-electron chi connectivity index (χ2n) is 3.88. The number of hydrogen-bond donors (Lipinski definition) is 2. The first-order chi connectivity index (χ1) is 8.97. The highest BCUT2D eigenvalue weighted by Gasteiger charge is 2.10. The van der Waals surface area contributed by atoms with Crippen molar-refractivity contribution in [1.82, 2.24) is 4.98 Å². The van der Waals surface area contributed by atoms with Gasteiger partial charge >= 0.3 is 0 Å². The van der Waals surface area contributed by atoms with E-state index < -0.39 is 5.91 Å². The molecule has 7 heteroatoms. The van der Waals surface area contributed by atoms with Crippen LogP contribution in [-0.4, -0.2) is 10.9 Å². The SMILES string of the molecule is Cc1nc(N)sc1SCc1cc(C(N)=O)ccc1F. The molecule has 0 atom stereocenters. The van der Waals surface area contributed by atoms with Crippen molar-refractivity contribution in [3.63, 3.8) is 0 Å². The lowest BCUT2D eigenvalue weighted by atomic mass is 10.1. The van der Waals surface area contributed by atoms with Crippen molar-refractivity contribution in [3.8, 4) is 0 Å². The van der Waals surface area contributed by atoms with E-state index in [0.717, 1.165) is 9.90 Å². The zero-order valence-electron chi connectivity index (χ0n) is 10.1. The molecule has 100 valence electrons. The van der Waals surface area contributed by atoms with Gasteiger partial charge in [0.15, 0.2) is 5.13 Å². The molecule has 0 fully saturated rings. The maximum absolute atomic E-state index is 13.6. The molecule has 2 rings (SSSR count). The fourth-order valence-corrected chi connectivity index (χ4v) is 3.52. The highest BCUT2D eigenvalue weighted by Crippen LogP contribution is 2.33. The van der Waals surface area contributed by atoms with Crippen molar-refractivity contribution in [3.05, 3.63) is 40.8 Å². The van der Waals surface area contributed by atoms with Gasteiger partial charge in [0.25, 0.3) is 0 Å². The summed E-state index contributed by atoms with van der Waals surface area (Å²) in [4.78, 5) is 15.2. The summed E-state index contributed by atoms with van der Waals surface area (Å²) < 4.78 is 14.6. The molecular formula is C12H12FN3OS2. The molecule has 4 N–H and O–H groups in total. The van der Waals surface area contributed by atoms with Gasteiger partial charge in [0, 0.05) is 11.3 Å². The molecule has 0 aliphatic rings. The summed E-state index contributed by atoms with van der Waals surface area (Å²) >= 11 is 2.80. The van der Waals surface area contributed by atoms with E-state index in [1.807, 2.05) is 6.92 Å². The molecule has 0 aliphatic heterocycles. The topological polar surface area (TPSA) is 82.0 Å². The van der Waals surface area contributed by atoms with Gasteiger partial charge in [0.2, 0.25) is 5.91 Å². The van der Waals surface area contributed by atoms with Crippen LogP contribution in [-0.2, 0) is 5.75 Å². The van der Waals surface area contributed by atoms with Crippen LogP contribution >= 0.6 is 23.1 Å². The van der Waals surface area contributed by atoms with Gasteiger partial charge in [-0.25, -0.2) is 9.37 Å². The molecule has 0 radical (unpaired) electrons. The molecule has 1 aromatic heterocycles. The Balaban J connectivity index is 2.17. The fourth-order valence-electron chi connectivity index (χ4n) is 1.52. The van der Waals surface area contributed by atoms with Crippen LogP contribution in [0.2, 0.25) is 0 Å². The molecule has 4 nitrogen and oxygen atoms in total. The number of nitrogens with zero attached hydrogens (tertiary/aromatic N) is 1. The Morgan fingerprint density at radius 1 is 1.53 bits per heavy atom. The zero-order valence-corrected chi connectivity index (χ0v) is 11.8. The average Bonchev–Trinajstić information content (AvgIpc) is 2.66. The molecule has 1 aromatic carbocycles. The lowest BCUT2D eigenvalue weighted by molar-refractivity contribution is 0.1000. The van der Waals surface area contributed by atoms with E-state index in [9.17, 15) is 9.18 Å². The third-order valence-corrected chi connectivity index (χ3v) is 4.86. The normalized spacial score (nSPS) is 10.6. The predicted molar refractivity (Wildman–Crippen MR) is 75.7 cm³/mol. The van der Waals surface area contributed by atoms with Crippen LogP contribution in [0.4, 0.5) is 9.52 Å². The minimum Gasteiger partial charge on any atom is -0.375 e. The Morgan fingerprint density at radius 3 is 2.84 bits per heavy atom. The van der Waals surface area contributed by atoms with Crippen LogP contribution in [0.5, 0.6) is 0 Å². The number of nitrogens with two attached hydrogens (primary N) is 2. The van der Waals surface area contributed by atoms with Crippen LogP contribution in [0.1, 0.15) is 21.6 Å². The van der Waals surface area contributed by atoms with E-state index in [2.05, 4.69) is 4.98 Å². The quantitative estimate of drug-likeness (QED) is 0.850. The second kappa shape index (κ2) is 5.58. The van der Waals surface area contributed by atoms with Crippen molar-refractivity contribution < 1.29 is 9.18 Å². The van der Waals surface area contributed by atoms with E-state index in [1.165, 1.54) is 41.3 Å². The van der Waals surface area contributed by atoms with Gasteiger partial charge in [-0.15, -0.1) is 11.8 Å². The van der Waals surface area contributed by atoms with Gasteiger partial charge < -0.3 is 11.5 Å². The van der Waals surface area contributed by atoms with E-state index in [4.69, 9.17) is 11.5 Å². The smallest absolute Gasteiger partial charge is 0.248 e. The Bertz CT molecular complexity index is 627. The lowest BCUT2D eigenvalue weighted by Crippen LogP contribution is -2.11. The predicted octanol–water partition coefficient (Wildman–Crippen LogP) is 2.56. The number of halogens is 1. The monoisotopic (exact) mass is 297 g/mol. The molecule has 0 bridgehead atoms. The van der Waals surface area contributed by atoms with Crippen molar-refractivity contribution in [2.24, 2.45) is 5.73 Å². The molecule has 19 heavy (non-hydrogen) atoms. The Morgan fingerprint density at radius 2 is 2.26 bits per heavy atom. The summed E-state index contributed by atoms with van der Waals surface area (Å²) in [5.41, 5.74) is 12.3. The molecule has 1 heterocycles. The fraction of sp³-hybridized carbons (Fsp3) is 0.167. The van der Waals surface area contributed by atoms with Crippen molar-refractivity contribution in [1.29, 1.82) is 0 Å². The molecule has 0 unspecified atom stereocenters. The van der Waals surface area contributed by atoms with Crippen molar-refractivity contribution in [2.45, 2.75) is 16.9 Å². The first-order valence-corrected chi connectivity index (χ1v) is 7.21. The van der Waals surface area contributed by atoms with Crippen molar-refractivity contribution in [2.75, 3.05) is 5.73 Å². The number of hydrogen-bond acceptors (Lipinski definition) is 5. The number of thiazole rings is 1. The highest BCUT2D eigenvalue weighted by atomic mass is 32.2. The number of rotatable bonds is 4. The van der Waals surface area contributed by atoms with Gasteiger partial charge in [-0.3, -0.25) is 4.79 Å². The Labute approximate surface area is 118 Å².